The summed E-state index contributed by atoms with van der Waals surface area (Å²) in [4.78, 5) is 36.3. The number of nitrogens with zero attached hydrogens (tertiary/aromatic N) is 2. The predicted octanol–water partition coefficient (Wildman–Crippen LogP) is 3.17. The average molecular weight is 430 g/mol. The van der Waals surface area contributed by atoms with Crippen LogP contribution in [0.1, 0.15) is 12.8 Å². The number of likely N-dealkylation sites (tertiary alicyclic amines) is 1. The van der Waals surface area contributed by atoms with E-state index >= 15 is 0 Å². The van der Waals surface area contributed by atoms with E-state index in [0.29, 0.717) is 31.1 Å². The number of halogens is 1. The first-order chi connectivity index (χ1) is 14.9. The van der Waals surface area contributed by atoms with Gasteiger partial charge in [-0.15, -0.1) is 0 Å². The largest absolute Gasteiger partial charge is 0.484 e. The van der Waals surface area contributed by atoms with E-state index in [1.165, 1.54) is 42.5 Å². The molecule has 31 heavy (non-hydrogen) atoms. The van der Waals surface area contributed by atoms with Crippen molar-refractivity contribution in [3.05, 3.63) is 64.5 Å². The van der Waals surface area contributed by atoms with Crippen LogP contribution in [0.25, 0.3) is 0 Å². The molecule has 1 unspecified atom stereocenters. The first kappa shape index (κ1) is 22.0. The summed E-state index contributed by atoms with van der Waals surface area (Å²) in [5.41, 5.74) is 0.313. The van der Waals surface area contributed by atoms with Crippen molar-refractivity contribution in [3.63, 3.8) is 0 Å². The van der Waals surface area contributed by atoms with Crippen LogP contribution in [0.15, 0.2) is 48.5 Å². The number of hydrogen-bond donors (Lipinski definition) is 2. The van der Waals surface area contributed by atoms with Crippen LogP contribution in [0.2, 0.25) is 0 Å². The van der Waals surface area contributed by atoms with Crippen LogP contribution >= 0.6 is 0 Å². The lowest BCUT2D eigenvalue weighted by molar-refractivity contribution is -0.384. The molecular formula is C21H23FN4O5. The van der Waals surface area contributed by atoms with Gasteiger partial charge in [0, 0.05) is 37.5 Å². The molecule has 2 aromatic rings. The van der Waals surface area contributed by atoms with Gasteiger partial charge >= 0.3 is 6.03 Å². The molecule has 0 bridgehead atoms. The van der Waals surface area contributed by atoms with Crippen LogP contribution in [0.4, 0.5) is 20.6 Å². The summed E-state index contributed by atoms with van der Waals surface area (Å²) in [5.74, 6) is -0.152. The zero-order valence-electron chi connectivity index (χ0n) is 16.8. The number of nitro groups is 1. The zero-order valence-corrected chi connectivity index (χ0v) is 16.8. The van der Waals surface area contributed by atoms with Gasteiger partial charge in [0.05, 0.1) is 4.92 Å². The average Bonchev–Trinajstić information content (AvgIpc) is 2.76. The minimum Gasteiger partial charge on any atom is -0.484 e. The summed E-state index contributed by atoms with van der Waals surface area (Å²) in [6, 6.07) is 10.7. The Morgan fingerprint density at radius 1 is 1.23 bits per heavy atom. The number of urea groups is 1. The number of nitrogens with one attached hydrogen (secondary N) is 2. The quantitative estimate of drug-likeness (QED) is 0.517. The molecule has 3 amide bonds. The van der Waals surface area contributed by atoms with E-state index in [-0.39, 0.29) is 24.1 Å². The maximum absolute atomic E-state index is 13.2. The van der Waals surface area contributed by atoms with Crippen LogP contribution in [0, 0.1) is 21.8 Å². The molecule has 1 heterocycles. The molecule has 1 atom stereocenters. The first-order valence-electron chi connectivity index (χ1n) is 9.86. The lowest BCUT2D eigenvalue weighted by Crippen LogP contribution is -2.45. The molecule has 10 heteroatoms. The maximum Gasteiger partial charge on any atom is 0.319 e. The number of non-ortho nitro benzene ring substituents is 1. The van der Waals surface area contributed by atoms with E-state index in [9.17, 15) is 24.1 Å². The number of benzene rings is 2. The minimum atomic E-state index is -0.505. The van der Waals surface area contributed by atoms with Gasteiger partial charge in [0.25, 0.3) is 11.6 Å². The lowest BCUT2D eigenvalue weighted by atomic mass is 9.98. The van der Waals surface area contributed by atoms with Gasteiger partial charge in [-0.25, -0.2) is 9.18 Å². The van der Waals surface area contributed by atoms with Gasteiger partial charge in [-0.05, 0) is 49.1 Å². The van der Waals surface area contributed by atoms with E-state index in [4.69, 9.17) is 4.74 Å². The highest BCUT2D eigenvalue weighted by Gasteiger charge is 2.24. The summed E-state index contributed by atoms with van der Waals surface area (Å²) in [6.45, 7) is 1.31. The Bertz CT molecular complexity index is 938. The second kappa shape index (κ2) is 10.4. The first-order valence-corrected chi connectivity index (χ1v) is 9.86. The summed E-state index contributed by atoms with van der Waals surface area (Å²) in [6.07, 6.45) is 1.67. The normalized spacial score (nSPS) is 15.8. The standard InChI is InChI=1S/C21H23FN4O5/c22-16-4-1-5-17(11-16)24-21(28)23-12-15-3-2-10-25(13-15)20(27)14-31-19-8-6-18(7-9-19)26(29)30/h1,4-9,11,15H,2-3,10,12-14H2,(H2,23,24,28). The van der Waals surface area contributed by atoms with Gasteiger partial charge in [-0.1, -0.05) is 6.07 Å². The SMILES string of the molecule is O=C(NCC1CCCN(C(=O)COc2ccc([N+](=O)[O-])cc2)C1)Nc1cccc(F)c1. The Morgan fingerprint density at radius 2 is 2.00 bits per heavy atom. The fraction of sp³-hybridized carbons (Fsp3) is 0.333. The fourth-order valence-corrected chi connectivity index (χ4v) is 3.34. The number of nitro benzene ring substituents is 1. The fourth-order valence-electron chi connectivity index (χ4n) is 3.34. The molecule has 2 aromatic carbocycles. The van der Waals surface area contributed by atoms with Gasteiger partial charge in [0.15, 0.2) is 6.61 Å². The number of rotatable bonds is 7. The van der Waals surface area contributed by atoms with Crippen LogP contribution in [-0.4, -0.2) is 48.0 Å². The lowest BCUT2D eigenvalue weighted by Gasteiger charge is -2.32. The Balaban J connectivity index is 1.42. The number of hydrogen-bond acceptors (Lipinski definition) is 5. The highest BCUT2D eigenvalue weighted by molar-refractivity contribution is 5.89. The second-order valence-corrected chi connectivity index (χ2v) is 7.23. The molecule has 1 saturated heterocycles. The molecule has 3 rings (SSSR count). The third kappa shape index (κ3) is 6.66. The smallest absolute Gasteiger partial charge is 0.319 e. The Hall–Kier alpha value is -3.69. The van der Waals surface area contributed by atoms with Crippen LogP contribution in [0.3, 0.4) is 0 Å². The van der Waals surface area contributed by atoms with Gasteiger partial charge in [-0.2, -0.15) is 0 Å². The molecule has 1 aliphatic rings. The third-order valence-corrected chi connectivity index (χ3v) is 4.92. The monoisotopic (exact) mass is 430 g/mol. The van der Waals surface area contributed by atoms with E-state index in [2.05, 4.69) is 10.6 Å². The number of piperidine rings is 1. The van der Waals surface area contributed by atoms with Gasteiger partial charge < -0.3 is 20.3 Å². The van der Waals surface area contributed by atoms with Gasteiger partial charge in [0.2, 0.25) is 0 Å². The predicted molar refractivity (Wildman–Crippen MR) is 111 cm³/mol. The molecule has 0 aromatic heterocycles. The molecule has 9 nitrogen and oxygen atoms in total. The third-order valence-electron chi connectivity index (χ3n) is 4.92. The summed E-state index contributed by atoms with van der Waals surface area (Å²) < 4.78 is 18.6. The molecule has 0 aliphatic carbocycles. The van der Waals surface area contributed by atoms with E-state index < -0.39 is 16.8 Å². The molecule has 0 radical (unpaired) electrons. The van der Waals surface area contributed by atoms with Crippen LogP contribution in [0.5, 0.6) is 5.75 Å². The number of carbonyl (C=O) groups is 2. The van der Waals surface area contributed by atoms with Crippen molar-refractivity contribution in [2.45, 2.75) is 12.8 Å². The molecular weight excluding hydrogens is 407 g/mol. The number of amides is 3. The highest BCUT2D eigenvalue weighted by atomic mass is 19.1. The molecule has 1 fully saturated rings. The molecule has 1 aliphatic heterocycles. The highest BCUT2D eigenvalue weighted by Crippen LogP contribution is 2.19. The van der Waals surface area contributed by atoms with Crippen molar-refractivity contribution >= 4 is 23.3 Å². The van der Waals surface area contributed by atoms with E-state index in [0.717, 1.165) is 12.8 Å². The van der Waals surface area contributed by atoms with Crippen molar-refractivity contribution < 1.29 is 23.6 Å². The second-order valence-electron chi connectivity index (χ2n) is 7.23. The number of anilines is 1. The van der Waals surface area contributed by atoms with Crippen molar-refractivity contribution in [1.82, 2.24) is 10.2 Å². The minimum absolute atomic E-state index is 0.0496. The Labute approximate surface area is 178 Å². The van der Waals surface area contributed by atoms with E-state index in [1.807, 2.05) is 0 Å². The topological polar surface area (TPSA) is 114 Å². The molecule has 0 saturated carbocycles. The maximum atomic E-state index is 13.2. The zero-order chi connectivity index (χ0) is 22.2. The van der Waals surface area contributed by atoms with Crippen LogP contribution < -0.4 is 15.4 Å². The molecule has 2 N–H and O–H groups in total. The van der Waals surface area contributed by atoms with Gasteiger partial charge in [0.1, 0.15) is 11.6 Å². The van der Waals surface area contributed by atoms with Crippen molar-refractivity contribution in [3.8, 4) is 5.75 Å². The summed E-state index contributed by atoms with van der Waals surface area (Å²) in [7, 11) is 0. The van der Waals surface area contributed by atoms with Crippen LogP contribution in [-0.2, 0) is 4.79 Å². The Kier molecular flexibility index (Phi) is 7.36. The number of carbonyl (C=O) groups excluding carboxylic acids is 2. The molecule has 0 spiro atoms. The van der Waals surface area contributed by atoms with Crippen molar-refractivity contribution in [2.24, 2.45) is 5.92 Å². The summed E-state index contributed by atoms with van der Waals surface area (Å²) >= 11 is 0. The summed E-state index contributed by atoms with van der Waals surface area (Å²) in [5, 5.41) is 16.0. The van der Waals surface area contributed by atoms with Crippen molar-refractivity contribution in [2.75, 3.05) is 31.6 Å². The molecule has 164 valence electrons. The van der Waals surface area contributed by atoms with Crippen molar-refractivity contribution in [1.29, 1.82) is 0 Å². The Morgan fingerprint density at radius 3 is 2.71 bits per heavy atom. The van der Waals surface area contributed by atoms with E-state index in [1.54, 1.807) is 11.0 Å². The van der Waals surface area contributed by atoms with Gasteiger partial charge in [-0.3, -0.25) is 14.9 Å². The number of ether oxygens (including phenoxy) is 1.